The van der Waals surface area contributed by atoms with Crippen molar-refractivity contribution in [3.8, 4) is 0 Å². The number of rotatable bonds is 3. The van der Waals surface area contributed by atoms with Gasteiger partial charge in [-0.05, 0) is 14.1 Å². The van der Waals surface area contributed by atoms with Crippen LogP contribution in [0.4, 0.5) is 0 Å². The Morgan fingerprint density at radius 1 is 1.45 bits per heavy atom. The predicted octanol–water partition coefficient (Wildman–Crippen LogP) is -1.42. The van der Waals surface area contributed by atoms with E-state index in [0.29, 0.717) is 6.54 Å². The van der Waals surface area contributed by atoms with E-state index < -0.39 is 11.9 Å². The molecule has 2 N–H and O–H groups in total. The lowest BCUT2D eigenvalue weighted by atomic mass is 10.6. The summed E-state index contributed by atoms with van der Waals surface area (Å²) in [6, 6.07) is 0. The van der Waals surface area contributed by atoms with Crippen LogP contribution in [0, 0.1) is 0 Å². The zero-order chi connectivity index (χ0) is 8.85. The first-order valence-electron chi connectivity index (χ1n) is 3.15. The van der Waals surface area contributed by atoms with Crippen molar-refractivity contribution >= 4 is 11.9 Å². The van der Waals surface area contributed by atoms with E-state index in [1.807, 2.05) is 19.0 Å². The third kappa shape index (κ3) is 5.35. The molecule has 0 fully saturated rings. The van der Waals surface area contributed by atoms with Crippen LogP contribution < -0.4 is 5.73 Å². The molecular weight excluding hydrogens is 148 g/mol. The van der Waals surface area contributed by atoms with Crippen LogP contribution in [0.5, 0.6) is 0 Å². The van der Waals surface area contributed by atoms with Crippen LogP contribution in [0.3, 0.4) is 0 Å². The first kappa shape index (κ1) is 9.90. The molecule has 0 saturated heterocycles. The van der Waals surface area contributed by atoms with E-state index in [9.17, 15) is 9.59 Å². The summed E-state index contributed by atoms with van der Waals surface area (Å²) < 4.78 is 4.46. The first-order chi connectivity index (χ1) is 5.04. The first-order valence-corrected chi connectivity index (χ1v) is 3.15. The number of carbonyl (C=O) groups excluding carboxylic acids is 2. The lowest BCUT2D eigenvalue weighted by Crippen LogP contribution is -2.28. The molecule has 0 aliphatic heterocycles. The third-order valence-electron chi connectivity index (χ3n) is 0.973. The number of hydrogen-bond acceptors (Lipinski definition) is 4. The molecule has 0 atom stereocenters. The molecule has 1 amide bonds. The number of nitrogens with two attached hydrogens (primary N) is 1. The average molecular weight is 160 g/mol. The fourth-order valence-corrected chi connectivity index (χ4v) is 0.392. The Labute approximate surface area is 65.1 Å². The van der Waals surface area contributed by atoms with Crippen molar-refractivity contribution in [3.63, 3.8) is 0 Å². The van der Waals surface area contributed by atoms with Crippen LogP contribution in [0.15, 0.2) is 0 Å². The molecule has 0 aromatic carbocycles. The van der Waals surface area contributed by atoms with Crippen LogP contribution >= 0.6 is 0 Å². The highest BCUT2D eigenvalue weighted by Gasteiger charge is 2.08. The minimum absolute atomic E-state index is 0.189. The van der Waals surface area contributed by atoms with Gasteiger partial charge in [-0.15, -0.1) is 0 Å². The average Bonchev–Trinajstić information content (AvgIpc) is 1.86. The minimum atomic E-state index is -1.05. The second-order valence-electron chi connectivity index (χ2n) is 2.30. The van der Waals surface area contributed by atoms with Gasteiger partial charge in [-0.3, -0.25) is 4.79 Å². The van der Waals surface area contributed by atoms with Crippen molar-refractivity contribution in [3.05, 3.63) is 0 Å². The number of hydrogen-bond donors (Lipinski definition) is 1. The lowest BCUT2D eigenvalue weighted by molar-refractivity contribution is -0.153. The Morgan fingerprint density at radius 3 is 2.36 bits per heavy atom. The summed E-state index contributed by atoms with van der Waals surface area (Å²) in [6.45, 7) is 0.772. The highest BCUT2D eigenvalue weighted by atomic mass is 16.5. The van der Waals surface area contributed by atoms with Crippen molar-refractivity contribution in [2.24, 2.45) is 5.73 Å². The topological polar surface area (TPSA) is 72.6 Å². The number of esters is 1. The van der Waals surface area contributed by atoms with Crippen molar-refractivity contribution in [2.45, 2.75) is 0 Å². The third-order valence-corrected chi connectivity index (χ3v) is 0.973. The molecule has 5 heteroatoms. The molecule has 0 aromatic rings. The lowest BCUT2D eigenvalue weighted by Gasteiger charge is -2.08. The molecule has 0 aliphatic carbocycles. The van der Waals surface area contributed by atoms with Gasteiger partial charge in [0, 0.05) is 6.54 Å². The molecule has 64 valence electrons. The fourth-order valence-electron chi connectivity index (χ4n) is 0.392. The van der Waals surface area contributed by atoms with Crippen molar-refractivity contribution in [1.82, 2.24) is 4.90 Å². The number of carbonyl (C=O) groups is 2. The van der Waals surface area contributed by atoms with Crippen LogP contribution in [0.25, 0.3) is 0 Å². The van der Waals surface area contributed by atoms with Crippen molar-refractivity contribution in [1.29, 1.82) is 0 Å². The maximum absolute atomic E-state index is 10.4. The van der Waals surface area contributed by atoms with E-state index in [0.717, 1.165) is 0 Å². The number of nitrogens with zero attached hydrogens (tertiary/aromatic N) is 1. The molecule has 0 bridgehead atoms. The van der Waals surface area contributed by atoms with Gasteiger partial charge in [0.05, 0.1) is 0 Å². The monoisotopic (exact) mass is 160 g/mol. The van der Waals surface area contributed by atoms with Gasteiger partial charge in [0.15, 0.2) is 0 Å². The van der Waals surface area contributed by atoms with Gasteiger partial charge >= 0.3 is 11.9 Å². The van der Waals surface area contributed by atoms with Gasteiger partial charge in [-0.25, -0.2) is 4.79 Å². The Balaban J connectivity index is 3.40. The molecule has 0 aliphatic rings. The van der Waals surface area contributed by atoms with Crippen LogP contribution in [0.1, 0.15) is 0 Å². The maximum Gasteiger partial charge on any atom is 0.396 e. The SMILES string of the molecule is CN(C)CCOC(=O)C(N)=O. The predicted molar refractivity (Wildman–Crippen MR) is 38.7 cm³/mol. The number of amides is 1. The molecule has 0 saturated carbocycles. The number of primary amides is 1. The molecule has 0 rings (SSSR count). The number of likely N-dealkylation sites (N-methyl/N-ethyl adjacent to an activating group) is 1. The van der Waals surface area contributed by atoms with E-state index in [1.165, 1.54) is 0 Å². The van der Waals surface area contributed by atoms with Gasteiger partial charge in [-0.2, -0.15) is 0 Å². The normalized spacial score (nSPS) is 9.73. The van der Waals surface area contributed by atoms with Gasteiger partial charge < -0.3 is 15.4 Å². The fraction of sp³-hybridized carbons (Fsp3) is 0.667. The van der Waals surface area contributed by atoms with Crippen molar-refractivity contribution < 1.29 is 14.3 Å². The van der Waals surface area contributed by atoms with Gasteiger partial charge in [0.2, 0.25) is 0 Å². The van der Waals surface area contributed by atoms with E-state index in [2.05, 4.69) is 10.5 Å². The molecule has 11 heavy (non-hydrogen) atoms. The summed E-state index contributed by atoms with van der Waals surface area (Å²) >= 11 is 0. The van der Waals surface area contributed by atoms with E-state index in [4.69, 9.17) is 0 Å². The van der Waals surface area contributed by atoms with E-state index in [-0.39, 0.29) is 6.61 Å². The summed E-state index contributed by atoms with van der Waals surface area (Å²) in [5.74, 6) is -2.03. The Kier molecular flexibility index (Phi) is 4.21. The highest BCUT2D eigenvalue weighted by molar-refractivity contribution is 6.31. The summed E-state index contributed by atoms with van der Waals surface area (Å²) in [7, 11) is 3.66. The Morgan fingerprint density at radius 2 is 2.00 bits per heavy atom. The van der Waals surface area contributed by atoms with E-state index in [1.54, 1.807) is 0 Å². The second kappa shape index (κ2) is 4.68. The van der Waals surface area contributed by atoms with Gasteiger partial charge in [0.25, 0.3) is 0 Å². The smallest absolute Gasteiger partial charge is 0.396 e. The maximum atomic E-state index is 10.4. The second-order valence-corrected chi connectivity index (χ2v) is 2.30. The molecule has 0 radical (unpaired) electrons. The summed E-state index contributed by atoms with van der Waals surface area (Å²) in [6.07, 6.45) is 0. The molecule has 0 spiro atoms. The Hall–Kier alpha value is -1.10. The van der Waals surface area contributed by atoms with Crippen LogP contribution in [0.2, 0.25) is 0 Å². The van der Waals surface area contributed by atoms with Crippen LogP contribution in [-0.4, -0.2) is 44.0 Å². The summed E-state index contributed by atoms with van der Waals surface area (Å²) in [5.41, 5.74) is 4.63. The van der Waals surface area contributed by atoms with Crippen LogP contribution in [-0.2, 0) is 14.3 Å². The zero-order valence-electron chi connectivity index (χ0n) is 6.66. The van der Waals surface area contributed by atoms with Gasteiger partial charge in [-0.1, -0.05) is 0 Å². The number of ether oxygens (including phenoxy) is 1. The molecule has 5 nitrogen and oxygen atoms in total. The van der Waals surface area contributed by atoms with Gasteiger partial charge in [0.1, 0.15) is 6.61 Å². The highest BCUT2D eigenvalue weighted by Crippen LogP contribution is 1.79. The molecule has 0 heterocycles. The quantitative estimate of drug-likeness (QED) is 0.406. The standard InChI is InChI=1S/C6H12N2O3/c1-8(2)3-4-11-6(10)5(7)9/h3-4H2,1-2H3,(H2,7,9). The zero-order valence-corrected chi connectivity index (χ0v) is 6.66. The minimum Gasteiger partial charge on any atom is -0.457 e. The van der Waals surface area contributed by atoms with Crippen molar-refractivity contribution in [2.75, 3.05) is 27.2 Å². The van der Waals surface area contributed by atoms with E-state index >= 15 is 0 Å². The largest absolute Gasteiger partial charge is 0.457 e. The molecule has 0 aromatic heterocycles. The molecular formula is C6H12N2O3. The molecule has 0 unspecified atom stereocenters. The summed E-state index contributed by atoms with van der Waals surface area (Å²) in [5, 5.41) is 0. The summed E-state index contributed by atoms with van der Waals surface area (Å²) in [4.78, 5) is 22.3. The Bertz CT molecular complexity index is 156.